The van der Waals surface area contributed by atoms with Gasteiger partial charge in [0, 0.05) is 10.9 Å². The highest BCUT2D eigenvalue weighted by molar-refractivity contribution is 6.32. The van der Waals surface area contributed by atoms with E-state index in [2.05, 4.69) is 5.32 Å². The molecule has 3 aromatic carbocycles. The van der Waals surface area contributed by atoms with Crippen molar-refractivity contribution in [2.24, 2.45) is 23.7 Å². The van der Waals surface area contributed by atoms with Gasteiger partial charge in [0.15, 0.2) is 0 Å². The molecule has 0 spiro atoms. The first-order valence-corrected chi connectivity index (χ1v) is 13.7. The topological polar surface area (TPSA) is 104 Å². The maximum atomic E-state index is 14.9. The SMILES string of the molecule is O=C1NC(=O)C2C1CC=C1C2CC2C(=O)N(c3cccc(Cl)c3)C(=O)C2(c2ccccc2)C1c1cccc(O)c1. The number of phenolic OH excluding ortho intramolecular Hbond substituents is 1. The molecule has 0 radical (unpaired) electrons. The number of nitrogens with zero attached hydrogens (tertiary/aromatic N) is 1. The lowest BCUT2D eigenvalue weighted by Gasteiger charge is -2.50. The molecule has 2 heterocycles. The zero-order chi connectivity index (χ0) is 27.8. The molecule has 7 nitrogen and oxygen atoms in total. The summed E-state index contributed by atoms with van der Waals surface area (Å²) in [6.45, 7) is 0. The molecule has 6 atom stereocenters. The highest BCUT2D eigenvalue weighted by atomic mass is 35.5. The van der Waals surface area contributed by atoms with Crippen molar-refractivity contribution in [3.63, 3.8) is 0 Å². The van der Waals surface area contributed by atoms with Crippen LogP contribution in [0.1, 0.15) is 29.9 Å². The van der Waals surface area contributed by atoms with Crippen LogP contribution in [0.4, 0.5) is 5.69 Å². The minimum atomic E-state index is -1.34. The number of fused-ring (bicyclic) bond motifs is 4. The molecule has 3 aromatic rings. The fourth-order valence-corrected chi connectivity index (χ4v) is 7.92. The number of imide groups is 2. The van der Waals surface area contributed by atoms with E-state index in [-0.39, 0.29) is 35.8 Å². The van der Waals surface area contributed by atoms with Crippen LogP contribution in [0.5, 0.6) is 5.75 Å². The zero-order valence-electron chi connectivity index (χ0n) is 21.3. The Morgan fingerprint density at radius 3 is 2.40 bits per heavy atom. The summed E-state index contributed by atoms with van der Waals surface area (Å²) in [6.07, 6.45) is 2.58. The van der Waals surface area contributed by atoms with Gasteiger partial charge in [0.1, 0.15) is 5.75 Å². The van der Waals surface area contributed by atoms with Crippen molar-refractivity contribution in [3.05, 3.63) is 107 Å². The Morgan fingerprint density at radius 1 is 0.875 bits per heavy atom. The molecule has 0 bridgehead atoms. The van der Waals surface area contributed by atoms with E-state index in [1.54, 1.807) is 42.5 Å². The van der Waals surface area contributed by atoms with Crippen LogP contribution < -0.4 is 10.2 Å². The maximum absolute atomic E-state index is 14.9. The van der Waals surface area contributed by atoms with Gasteiger partial charge >= 0.3 is 0 Å². The van der Waals surface area contributed by atoms with E-state index >= 15 is 0 Å². The number of halogens is 1. The summed E-state index contributed by atoms with van der Waals surface area (Å²) in [5, 5.41) is 13.4. The molecular formula is C32H25ClN2O5. The first-order chi connectivity index (χ1) is 19.3. The maximum Gasteiger partial charge on any atom is 0.246 e. The Hall–Kier alpha value is -4.23. The molecule has 2 N–H and O–H groups in total. The van der Waals surface area contributed by atoms with Crippen LogP contribution >= 0.6 is 11.6 Å². The molecule has 2 aliphatic heterocycles. The third kappa shape index (κ3) is 3.30. The fourth-order valence-electron chi connectivity index (χ4n) is 7.73. The molecule has 0 aromatic heterocycles. The van der Waals surface area contributed by atoms with Crippen molar-refractivity contribution in [2.45, 2.75) is 24.2 Å². The quantitative estimate of drug-likeness (QED) is 0.368. The molecule has 3 fully saturated rings. The summed E-state index contributed by atoms with van der Waals surface area (Å²) in [7, 11) is 0. The monoisotopic (exact) mass is 552 g/mol. The predicted octanol–water partition coefficient (Wildman–Crippen LogP) is 4.50. The minimum Gasteiger partial charge on any atom is -0.508 e. The van der Waals surface area contributed by atoms with Crippen LogP contribution in [0.15, 0.2) is 90.5 Å². The van der Waals surface area contributed by atoms with E-state index in [1.165, 1.54) is 4.90 Å². The van der Waals surface area contributed by atoms with E-state index in [9.17, 15) is 24.3 Å². The molecule has 200 valence electrons. The van der Waals surface area contributed by atoms with Gasteiger partial charge in [0.25, 0.3) is 0 Å². The van der Waals surface area contributed by atoms with E-state index in [4.69, 9.17) is 11.6 Å². The summed E-state index contributed by atoms with van der Waals surface area (Å²) in [4.78, 5) is 56.3. The van der Waals surface area contributed by atoms with Gasteiger partial charge in [-0.1, -0.05) is 71.8 Å². The number of amides is 4. The van der Waals surface area contributed by atoms with Gasteiger partial charge in [-0.2, -0.15) is 0 Å². The number of carbonyl (C=O) groups is 4. The minimum absolute atomic E-state index is 0.0333. The van der Waals surface area contributed by atoms with Crippen LogP contribution in [0, 0.1) is 23.7 Å². The third-order valence-corrected chi connectivity index (χ3v) is 9.45. The van der Waals surface area contributed by atoms with Gasteiger partial charge in [-0.3, -0.25) is 24.5 Å². The van der Waals surface area contributed by atoms with Gasteiger partial charge < -0.3 is 5.11 Å². The average Bonchev–Trinajstić information content (AvgIpc) is 3.37. The van der Waals surface area contributed by atoms with Crippen molar-refractivity contribution in [3.8, 4) is 5.75 Å². The lowest BCUT2D eigenvalue weighted by Crippen LogP contribution is -2.53. The number of hydrogen-bond acceptors (Lipinski definition) is 5. The molecule has 2 aliphatic carbocycles. The van der Waals surface area contributed by atoms with Crippen LogP contribution in [-0.2, 0) is 24.6 Å². The standard InChI is InChI=1S/C32H25ClN2O5/c33-19-9-5-10-20(15-19)35-30(39)25-16-24-22(12-13-23-26(24)29(38)34-28(23)37)27(17-6-4-11-21(36)14-17)32(25,31(35)40)18-7-2-1-3-8-18/h1-12,14-15,23-27,36H,13,16H2,(H,34,37,38). The highest BCUT2D eigenvalue weighted by Gasteiger charge is 2.69. The molecule has 1 saturated carbocycles. The molecule has 2 saturated heterocycles. The van der Waals surface area contributed by atoms with E-state index in [0.717, 1.165) is 5.57 Å². The molecule has 40 heavy (non-hydrogen) atoms. The molecule has 4 amide bonds. The third-order valence-electron chi connectivity index (χ3n) is 9.21. The van der Waals surface area contributed by atoms with Crippen molar-refractivity contribution in [1.82, 2.24) is 5.32 Å². The number of aromatic hydroxyl groups is 1. The summed E-state index contributed by atoms with van der Waals surface area (Å²) < 4.78 is 0. The van der Waals surface area contributed by atoms with Crippen molar-refractivity contribution < 1.29 is 24.3 Å². The summed E-state index contributed by atoms with van der Waals surface area (Å²) in [6, 6.07) is 22.7. The average molecular weight is 553 g/mol. The summed E-state index contributed by atoms with van der Waals surface area (Å²) >= 11 is 6.29. The number of anilines is 1. The number of carbonyl (C=O) groups excluding carboxylic acids is 4. The second-order valence-corrected chi connectivity index (χ2v) is 11.5. The first kappa shape index (κ1) is 24.8. The zero-order valence-corrected chi connectivity index (χ0v) is 22.0. The van der Waals surface area contributed by atoms with Gasteiger partial charge in [0.05, 0.1) is 28.9 Å². The molecule has 4 aliphatic rings. The van der Waals surface area contributed by atoms with Crippen LogP contribution in [-0.4, -0.2) is 28.7 Å². The summed E-state index contributed by atoms with van der Waals surface area (Å²) in [5.74, 6) is -4.37. The first-order valence-electron chi connectivity index (χ1n) is 13.4. The second-order valence-electron chi connectivity index (χ2n) is 11.0. The highest BCUT2D eigenvalue weighted by Crippen LogP contribution is 2.64. The smallest absolute Gasteiger partial charge is 0.246 e. The van der Waals surface area contributed by atoms with E-state index < -0.39 is 35.0 Å². The summed E-state index contributed by atoms with van der Waals surface area (Å²) in [5.41, 5.74) is 1.24. The van der Waals surface area contributed by atoms with Crippen molar-refractivity contribution in [1.29, 1.82) is 0 Å². The Balaban J connectivity index is 1.52. The second kappa shape index (κ2) is 8.89. The number of nitrogens with one attached hydrogen (secondary N) is 1. The van der Waals surface area contributed by atoms with E-state index in [0.29, 0.717) is 28.3 Å². The Labute approximate surface area is 235 Å². The van der Waals surface area contributed by atoms with Gasteiger partial charge in [-0.15, -0.1) is 0 Å². The Kier molecular flexibility index (Phi) is 5.51. The van der Waals surface area contributed by atoms with Gasteiger partial charge in [-0.05, 0) is 60.2 Å². The Morgan fingerprint density at radius 2 is 1.65 bits per heavy atom. The number of allylic oxidation sites excluding steroid dienone is 2. The predicted molar refractivity (Wildman–Crippen MR) is 147 cm³/mol. The molecular weight excluding hydrogens is 528 g/mol. The number of benzene rings is 3. The van der Waals surface area contributed by atoms with E-state index in [1.807, 2.05) is 42.5 Å². The lowest BCUT2D eigenvalue weighted by atomic mass is 9.49. The number of phenols is 1. The van der Waals surface area contributed by atoms with Crippen LogP contribution in [0.3, 0.4) is 0 Å². The number of rotatable bonds is 3. The normalized spacial score (nSPS) is 30.9. The Bertz CT molecular complexity index is 1630. The van der Waals surface area contributed by atoms with Crippen LogP contribution in [0.2, 0.25) is 5.02 Å². The number of hydrogen-bond donors (Lipinski definition) is 2. The van der Waals surface area contributed by atoms with Crippen molar-refractivity contribution in [2.75, 3.05) is 4.90 Å². The largest absolute Gasteiger partial charge is 0.508 e. The lowest BCUT2D eigenvalue weighted by molar-refractivity contribution is -0.128. The molecule has 8 heteroatoms. The van der Waals surface area contributed by atoms with Crippen LogP contribution in [0.25, 0.3) is 0 Å². The van der Waals surface area contributed by atoms with Gasteiger partial charge in [0.2, 0.25) is 23.6 Å². The van der Waals surface area contributed by atoms with Crippen molar-refractivity contribution >= 4 is 40.9 Å². The molecule has 7 rings (SSSR count). The fraction of sp³-hybridized carbons (Fsp3) is 0.250. The van der Waals surface area contributed by atoms with Gasteiger partial charge in [-0.25, -0.2) is 4.90 Å². The molecule has 6 unspecified atom stereocenters.